The van der Waals surface area contributed by atoms with Crippen LogP contribution in [0.4, 0.5) is 0 Å². The molecule has 2 heterocycles. The van der Waals surface area contributed by atoms with E-state index in [2.05, 4.69) is 108 Å². The van der Waals surface area contributed by atoms with E-state index in [0.29, 0.717) is 24.4 Å². The van der Waals surface area contributed by atoms with Crippen LogP contribution in [0.5, 0.6) is 5.88 Å². The number of carbonyl (C=O) groups excluding carboxylic acids is 2. The molecule has 53 heavy (non-hydrogen) atoms. The van der Waals surface area contributed by atoms with E-state index in [1.807, 2.05) is 66.4 Å². The molecule has 2 aromatic heterocycles. The van der Waals surface area contributed by atoms with E-state index in [1.54, 1.807) is 12.3 Å². The molecule has 2 aromatic carbocycles. The van der Waals surface area contributed by atoms with E-state index in [4.69, 9.17) is 9.15 Å². The lowest BCUT2D eigenvalue weighted by Crippen LogP contribution is -2.20. The van der Waals surface area contributed by atoms with Gasteiger partial charge in [-0.3, -0.25) is 4.79 Å². The van der Waals surface area contributed by atoms with Crippen molar-refractivity contribution in [2.75, 3.05) is 6.54 Å². The number of nitrogens with one attached hydrogen (secondary N) is 1. The number of oxazole rings is 1. The fourth-order valence-electron chi connectivity index (χ4n) is 4.22. The fraction of sp³-hybridized carbons (Fsp3) is 0.133. The molecule has 0 saturated heterocycles. The molecule has 0 aliphatic heterocycles. The highest BCUT2D eigenvalue weighted by molar-refractivity contribution is 5.73. The second kappa shape index (κ2) is 23.9. The van der Waals surface area contributed by atoms with Crippen LogP contribution in [0.1, 0.15) is 37.0 Å². The van der Waals surface area contributed by atoms with E-state index < -0.39 is 0 Å². The summed E-state index contributed by atoms with van der Waals surface area (Å²) in [5.74, 6) is 2.76. The average molecular weight is 689 g/mol. The third-order valence-electron chi connectivity index (χ3n) is 6.39. The molecule has 8 nitrogen and oxygen atoms in total. The average Bonchev–Trinajstić information content (AvgIpc) is 3.60. The number of unbranched alkanes of at least 4 members (excludes halogenated alkanes) is 1. The number of carbonyl (C=O) groups is 1. The zero-order valence-electron chi connectivity index (χ0n) is 28.6. The summed E-state index contributed by atoms with van der Waals surface area (Å²) in [5, 5.41) is 12.6. The van der Waals surface area contributed by atoms with E-state index in [-0.39, 0.29) is 18.4 Å². The Balaban J connectivity index is 0.000000357. The van der Waals surface area contributed by atoms with Crippen molar-refractivity contribution in [2.24, 2.45) is 0 Å². The number of nitriles is 1. The molecule has 0 bridgehead atoms. The lowest BCUT2D eigenvalue weighted by Gasteiger charge is -2.09. The smallest absolute Gasteiger partial charge is 0.233 e. The summed E-state index contributed by atoms with van der Waals surface area (Å²) in [6, 6.07) is 23.5. The highest BCUT2D eigenvalue weighted by Crippen LogP contribution is 2.30. The van der Waals surface area contributed by atoms with Gasteiger partial charge in [-0.15, -0.1) is 0 Å². The van der Waals surface area contributed by atoms with Crippen molar-refractivity contribution in [3.63, 3.8) is 0 Å². The summed E-state index contributed by atoms with van der Waals surface area (Å²) in [6.07, 6.45) is 3.99. The first-order chi connectivity index (χ1) is 26.1. The normalized spacial score (nSPS) is 8.23. The van der Waals surface area contributed by atoms with Gasteiger partial charge in [-0.25, -0.2) is 14.8 Å². The zero-order valence-corrected chi connectivity index (χ0v) is 28.6. The van der Waals surface area contributed by atoms with Gasteiger partial charge in [0, 0.05) is 77.3 Å². The molecule has 252 valence electrons. The molecule has 0 saturated carbocycles. The molecule has 4 rings (SSSR count). The Morgan fingerprint density at radius 2 is 1.36 bits per heavy atom. The van der Waals surface area contributed by atoms with E-state index >= 15 is 0 Å². The van der Waals surface area contributed by atoms with Gasteiger partial charge < -0.3 is 14.5 Å². The van der Waals surface area contributed by atoms with Crippen molar-refractivity contribution < 1.29 is 18.7 Å². The van der Waals surface area contributed by atoms with E-state index in [1.165, 1.54) is 12.9 Å². The maximum Gasteiger partial charge on any atom is 0.233 e. The van der Waals surface area contributed by atoms with Crippen LogP contribution < -0.4 is 10.1 Å². The van der Waals surface area contributed by atoms with Crippen LogP contribution in [0, 0.1) is 11.3 Å². The molecule has 0 atom stereocenters. The first-order valence-electron chi connectivity index (χ1n) is 15.8. The summed E-state index contributed by atoms with van der Waals surface area (Å²) in [7, 11) is 0. The second-order valence-corrected chi connectivity index (χ2v) is 10.0. The summed E-state index contributed by atoms with van der Waals surface area (Å²) in [4.78, 5) is 29.7. The number of aryl methyl sites for hydroxylation is 1. The van der Waals surface area contributed by atoms with Gasteiger partial charge in [0.15, 0.2) is 12.5 Å². The predicted molar refractivity (Wildman–Crippen MR) is 196 cm³/mol. The first-order valence-corrected chi connectivity index (χ1v) is 15.8. The molecule has 0 aliphatic rings. The Morgan fingerprint density at radius 1 is 0.792 bits per heavy atom. The number of aromatic nitrogens is 2. The number of pyridine rings is 1. The molecule has 0 radical (unpaired) electrons. The zero-order chi connectivity index (χ0) is 37.8. The SMILES string of the molecule is C=C=C=C=C=C=C=C=C=C=C=C=C=C=C=C=C=O.CC(=O)NCCCCc1oc(COc2nccc(-c3ccccc3)c2C#N)nc1-c1ccccc1. The van der Waals surface area contributed by atoms with Gasteiger partial charge in [-0.2, -0.15) is 5.26 Å². The van der Waals surface area contributed by atoms with Crippen molar-refractivity contribution in [1.82, 2.24) is 15.3 Å². The van der Waals surface area contributed by atoms with Gasteiger partial charge in [0.1, 0.15) is 23.1 Å². The van der Waals surface area contributed by atoms with Crippen LogP contribution in [0.3, 0.4) is 0 Å². The molecule has 0 fully saturated rings. The number of hydrogen-bond acceptors (Lipinski definition) is 7. The quantitative estimate of drug-likeness (QED) is 0.103. The fourth-order valence-corrected chi connectivity index (χ4v) is 4.22. The number of ether oxygens (including phenoxy) is 1. The topological polar surface area (TPSA) is 118 Å². The van der Waals surface area contributed by atoms with Gasteiger partial charge in [-0.05, 0) is 71.2 Å². The Hall–Kier alpha value is -8.29. The number of benzene rings is 2. The number of nitrogens with zero attached hydrogens (tertiary/aromatic N) is 3. The van der Waals surface area contributed by atoms with Crippen molar-refractivity contribution >= 4 is 11.8 Å². The van der Waals surface area contributed by atoms with E-state index in [0.717, 1.165) is 41.0 Å². The minimum absolute atomic E-state index is 0.0317. The number of amides is 1. The van der Waals surface area contributed by atoms with Crippen LogP contribution in [0.25, 0.3) is 22.4 Å². The third kappa shape index (κ3) is 14.8. The van der Waals surface area contributed by atoms with Crippen LogP contribution in [-0.4, -0.2) is 28.4 Å². The van der Waals surface area contributed by atoms with Crippen LogP contribution in [-0.2, 0) is 22.6 Å². The molecule has 1 amide bonds. The highest BCUT2D eigenvalue weighted by atomic mass is 16.5. The first kappa shape index (κ1) is 39.2. The maximum absolute atomic E-state index is 11.1. The Kier molecular flexibility index (Phi) is 17.7. The summed E-state index contributed by atoms with van der Waals surface area (Å²) in [5.41, 5.74) is 39.5. The second-order valence-electron chi connectivity index (χ2n) is 10.0. The summed E-state index contributed by atoms with van der Waals surface area (Å²) in [6.45, 7) is 5.47. The summed E-state index contributed by atoms with van der Waals surface area (Å²) < 4.78 is 12.0. The standard InChI is InChI=1S/C28H26N4O3.C17H2O/c1-20(33)30-16-9-8-14-25-27(22-12-6-3-7-13-22)32-26(35-25)19-34-28-24(18-29)23(15-17-31-28)21-10-4-2-5-11-21;1-2-3-4-5-6-7-8-9-10-11-12-13-14-15-16-17-18/h2-7,10-13,15,17H,8-9,14,16,19H2,1H3,(H,30,33);1H2. The third-order valence-corrected chi connectivity index (χ3v) is 6.39. The summed E-state index contributed by atoms with van der Waals surface area (Å²) >= 11 is 0. The molecule has 8 heteroatoms. The Labute approximate surface area is 306 Å². The molecular weight excluding hydrogens is 661 g/mol. The molecule has 1 N–H and O–H groups in total. The van der Waals surface area contributed by atoms with Crippen molar-refractivity contribution in [3.05, 3.63) is 183 Å². The van der Waals surface area contributed by atoms with Crippen LogP contribution in [0.2, 0.25) is 0 Å². The van der Waals surface area contributed by atoms with Gasteiger partial charge >= 0.3 is 0 Å². The minimum Gasteiger partial charge on any atom is -0.467 e. The Bertz CT molecular complexity index is 2500. The van der Waals surface area contributed by atoms with Crippen LogP contribution >= 0.6 is 0 Å². The van der Waals surface area contributed by atoms with Gasteiger partial charge in [-0.1, -0.05) is 66.4 Å². The monoisotopic (exact) mass is 688 g/mol. The van der Waals surface area contributed by atoms with Gasteiger partial charge in [0.2, 0.25) is 17.7 Å². The molecule has 4 aromatic rings. The minimum atomic E-state index is -0.0317. The van der Waals surface area contributed by atoms with Crippen molar-refractivity contribution in [1.29, 1.82) is 5.26 Å². The molecule has 0 aliphatic carbocycles. The number of rotatable bonds is 10. The van der Waals surface area contributed by atoms with Gasteiger partial charge in [0.05, 0.1) is 0 Å². The lowest BCUT2D eigenvalue weighted by atomic mass is 10.0. The predicted octanol–water partition coefficient (Wildman–Crippen LogP) is 7.64. The molecule has 0 unspecified atom stereocenters. The molecule has 0 spiro atoms. The Morgan fingerprint density at radius 3 is 1.91 bits per heavy atom. The van der Waals surface area contributed by atoms with E-state index in [9.17, 15) is 14.9 Å². The largest absolute Gasteiger partial charge is 0.467 e. The van der Waals surface area contributed by atoms with Crippen LogP contribution in [0.15, 0.2) is 170 Å². The number of hydrogen-bond donors (Lipinski definition) is 1. The molecular formula is C45H28N4O4. The van der Waals surface area contributed by atoms with Gasteiger partial charge in [0.25, 0.3) is 0 Å². The van der Waals surface area contributed by atoms with Crippen molar-refractivity contribution in [3.8, 4) is 34.3 Å². The maximum atomic E-state index is 11.1. The highest BCUT2D eigenvalue weighted by Gasteiger charge is 2.17. The lowest BCUT2D eigenvalue weighted by molar-refractivity contribution is -0.118. The van der Waals surface area contributed by atoms with Crippen molar-refractivity contribution in [2.45, 2.75) is 32.8 Å².